The van der Waals surface area contributed by atoms with Gasteiger partial charge in [-0.3, -0.25) is 9.78 Å². The van der Waals surface area contributed by atoms with Crippen LogP contribution in [0, 0.1) is 6.92 Å². The summed E-state index contributed by atoms with van der Waals surface area (Å²) in [5, 5.41) is 0. The van der Waals surface area contributed by atoms with E-state index in [1.807, 2.05) is 0 Å². The van der Waals surface area contributed by atoms with Gasteiger partial charge in [-0.05, 0) is 30.7 Å². The van der Waals surface area contributed by atoms with Crippen LogP contribution >= 0.6 is 0 Å². The SMILES string of the molecule is Cc1cccc(C(=O)c2ccncc2)c1OC(F)F. The molecule has 2 rings (SSSR count). The molecule has 0 aliphatic rings. The van der Waals surface area contributed by atoms with Gasteiger partial charge in [0.05, 0.1) is 5.56 Å². The number of aryl methyl sites for hydroxylation is 1. The lowest BCUT2D eigenvalue weighted by molar-refractivity contribution is -0.0505. The molecule has 5 heteroatoms. The standard InChI is InChI=1S/C14H11F2NO2/c1-9-3-2-4-11(13(9)19-14(15)16)12(18)10-5-7-17-8-6-10/h2-8,14H,1H3. The predicted molar refractivity (Wildman–Crippen MR) is 65.5 cm³/mol. The number of ketones is 1. The quantitative estimate of drug-likeness (QED) is 0.795. The van der Waals surface area contributed by atoms with E-state index >= 15 is 0 Å². The molecular formula is C14H11F2NO2. The van der Waals surface area contributed by atoms with Crippen molar-refractivity contribution in [1.29, 1.82) is 0 Å². The average Bonchev–Trinajstić information content (AvgIpc) is 2.41. The highest BCUT2D eigenvalue weighted by Crippen LogP contribution is 2.27. The molecule has 1 aromatic heterocycles. The van der Waals surface area contributed by atoms with Gasteiger partial charge in [-0.1, -0.05) is 12.1 Å². The largest absolute Gasteiger partial charge is 0.434 e. The topological polar surface area (TPSA) is 39.2 Å². The van der Waals surface area contributed by atoms with Crippen molar-refractivity contribution in [2.24, 2.45) is 0 Å². The molecule has 0 atom stereocenters. The van der Waals surface area contributed by atoms with Crippen LogP contribution in [0.1, 0.15) is 21.5 Å². The normalized spacial score (nSPS) is 10.5. The number of carbonyl (C=O) groups excluding carboxylic acids is 1. The van der Waals surface area contributed by atoms with E-state index in [2.05, 4.69) is 9.72 Å². The summed E-state index contributed by atoms with van der Waals surface area (Å²) >= 11 is 0. The number of aromatic nitrogens is 1. The fraction of sp³-hybridized carbons (Fsp3) is 0.143. The van der Waals surface area contributed by atoms with Gasteiger partial charge in [0.1, 0.15) is 5.75 Å². The molecule has 19 heavy (non-hydrogen) atoms. The van der Waals surface area contributed by atoms with E-state index in [9.17, 15) is 13.6 Å². The zero-order valence-electron chi connectivity index (χ0n) is 10.1. The van der Waals surface area contributed by atoms with Crippen LogP contribution in [0.25, 0.3) is 0 Å². The van der Waals surface area contributed by atoms with Gasteiger partial charge < -0.3 is 4.74 Å². The Morgan fingerprint density at radius 1 is 1.21 bits per heavy atom. The van der Waals surface area contributed by atoms with E-state index < -0.39 is 6.61 Å². The summed E-state index contributed by atoms with van der Waals surface area (Å²) in [5.74, 6) is -0.457. The molecule has 0 saturated carbocycles. The van der Waals surface area contributed by atoms with Gasteiger partial charge >= 0.3 is 6.61 Å². The minimum Gasteiger partial charge on any atom is -0.434 e. The molecule has 0 saturated heterocycles. The summed E-state index contributed by atoms with van der Waals surface area (Å²) in [6.45, 7) is -1.36. The fourth-order valence-corrected chi connectivity index (χ4v) is 1.74. The number of rotatable bonds is 4. The Kier molecular flexibility index (Phi) is 3.85. The molecular weight excluding hydrogens is 252 g/mol. The molecule has 1 heterocycles. The molecule has 0 unspecified atom stereocenters. The molecule has 3 nitrogen and oxygen atoms in total. The summed E-state index contributed by atoms with van der Waals surface area (Å²) < 4.78 is 29.3. The van der Waals surface area contributed by atoms with Crippen molar-refractivity contribution in [3.8, 4) is 5.75 Å². The van der Waals surface area contributed by atoms with E-state index in [1.54, 1.807) is 19.1 Å². The van der Waals surface area contributed by atoms with Gasteiger partial charge in [0.25, 0.3) is 0 Å². The average molecular weight is 263 g/mol. The van der Waals surface area contributed by atoms with Gasteiger partial charge in [0, 0.05) is 18.0 Å². The van der Waals surface area contributed by atoms with Crippen LogP contribution in [0.4, 0.5) is 8.78 Å². The molecule has 0 aliphatic heterocycles. The van der Waals surface area contributed by atoms with Crippen LogP contribution in [-0.4, -0.2) is 17.4 Å². The lowest BCUT2D eigenvalue weighted by Crippen LogP contribution is -2.10. The highest BCUT2D eigenvalue weighted by molar-refractivity contribution is 6.10. The van der Waals surface area contributed by atoms with E-state index in [0.717, 1.165) is 0 Å². The highest BCUT2D eigenvalue weighted by Gasteiger charge is 2.18. The van der Waals surface area contributed by atoms with E-state index in [0.29, 0.717) is 11.1 Å². The van der Waals surface area contributed by atoms with Gasteiger partial charge in [0.2, 0.25) is 0 Å². The first-order valence-corrected chi connectivity index (χ1v) is 5.58. The summed E-state index contributed by atoms with van der Waals surface area (Å²) in [6.07, 6.45) is 2.94. The molecule has 0 amide bonds. The molecule has 2 aromatic rings. The summed E-state index contributed by atoms with van der Waals surface area (Å²) in [6, 6.07) is 7.75. The second kappa shape index (κ2) is 5.56. The highest BCUT2D eigenvalue weighted by atomic mass is 19.3. The number of para-hydroxylation sites is 1. The lowest BCUT2D eigenvalue weighted by atomic mass is 10.0. The third-order valence-electron chi connectivity index (χ3n) is 2.61. The minimum atomic E-state index is -2.97. The zero-order valence-corrected chi connectivity index (χ0v) is 10.1. The van der Waals surface area contributed by atoms with Gasteiger partial charge in [0.15, 0.2) is 5.78 Å². The molecule has 1 aromatic carbocycles. The number of pyridine rings is 1. The van der Waals surface area contributed by atoms with Crippen molar-refractivity contribution >= 4 is 5.78 Å². The first-order valence-electron chi connectivity index (χ1n) is 5.58. The number of halogens is 2. The third kappa shape index (κ3) is 2.93. The number of alkyl halides is 2. The minimum absolute atomic E-state index is 0.0840. The molecule has 0 spiro atoms. The Morgan fingerprint density at radius 3 is 2.53 bits per heavy atom. The van der Waals surface area contributed by atoms with Crippen molar-refractivity contribution in [1.82, 2.24) is 4.98 Å². The maximum atomic E-state index is 12.4. The van der Waals surface area contributed by atoms with Gasteiger partial charge in [-0.2, -0.15) is 8.78 Å². The monoisotopic (exact) mass is 263 g/mol. The smallest absolute Gasteiger partial charge is 0.387 e. The van der Waals surface area contributed by atoms with Gasteiger partial charge in [-0.15, -0.1) is 0 Å². The Morgan fingerprint density at radius 2 is 1.89 bits per heavy atom. The Bertz CT molecular complexity index is 585. The third-order valence-corrected chi connectivity index (χ3v) is 2.61. The molecule has 0 radical (unpaired) electrons. The van der Waals surface area contributed by atoms with E-state index in [4.69, 9.17) is 0 Å². The summed E-state index contributed by atoms with van der Waals surface area (Å²) in [7, 11) is 0. The van der Waals surface area contributed by atoms with Crippen molar-refractivity contribution in [3.05, 3.63) is 59.4 Å². The zero-order chi connectivity index (χ0) is 13.8. The number of carbonyl (C=O) groups is 1. The van der Waals surface area contributed by atoms with Crippen LogP contribution in [0.3, 0.4) is 0 Å². The number of nitrogens with zero attached hydrogens (tertiary/aromatic N) is 1. The second-order valence-corrected chi connectivity index (χ2v) is 3.90. The fourth-order valence-electron chi connectivity index (χ4n) is 1.74. The van der Waals surface area contributed by atoms with Crippen molar-refractivity contribution in [2.75, 3.05) is 0 Å². The van der Waals surface area contributed by atoms with Crippen LogP contribution in [-0.2, 0) is 0 Å². The number of benzene rings is 1. The van der Waals surface area contributed by atoms with Crippen LogP contribution in [0.5, 0.6) is 5.75 Å². The number of hydrogen-bond donors (Lipinski definition) is 0. The Hall–Kier alpha value is -2.30. The van der Waals surface area contributed by atoms with Crippen molar-refractivity contribution in [3.63, 3.8) is 0 Å². The first-order chi connectivity index (χ1) is 9.09. The van der Waals surface area contributed by atoms with Gasteiger partial charge in [-0.25, -0.2) is 0 Å². The second-order valence-electron chi connectivity index (χ2n) is 3.90. The van der Waals surface area contributed by atoms with Crippen LogP contribution in [0.2, 0.25) is 0 Å². The molecule has 0 N–H and O–H groups in total. The predicted octanol–water partition coefficient (Wildman–Crippen LogP) is 3.22. The molecule has 0 bridgehead atoms. The lowest BCUT2D eigenvalue weighted by Gasteiger charge is -2.12. The van der Waals surface area contributed by atoms with Crippen molar-refractivity contribution in [2.45, 2.75) is 13.5 Å². The van der Waals surface area contributed by atoms with Crippen LogP contribution < -0.4 is 4.74 Å². The number of hydrogen-bond acceptors (Lipinski definition) is 3. The molecule has 0 aliphatic carbocycles. The summed E-state index contributed by atoms with van der Waals surface area (Å²) in [5.41, 5.74) is 0.978. The van der Waals surface area contributed by atoms with E-state index in [1.165, 1.54) is 30.6 Å². The number of ether oxygens (including phenoxy) is 1. The maximum absolute atomic E-state index is 12.4. The summed E-state index contributed by atoms with van der Waals surface area (Å²) in [4.78, 5) is 16.1. The van der Waals surface area contributed by atoms with Crippen molar-refractivity contribution < 1.29 is 18.3 Å². The first kappa shape index (κ1) is 13.1. The van der Waals surface area contributed by atoms with E-state index in [-0.39, 0.29) is 17.1 Å². The maximum Gasteiger partial charge on any atom is 0.387 e. The molecule has 98 valence electrons. The Labute approximate surface area is 108 Å². The van der Waals surface area contributed by atoms with Crippen LogP contribution in [0.15, 0.2) is 42.7 Å². The molecule has 0 fully saturated rings. The Balaban J connectivity index is 2.45.